The number of nitrogens with one attached hydrogen (secondary N) is 3. The molecule has 4 N–H and O–H groups in total. The van der Waals surface area contributed by atoms with Gasteiger partial charge in [0.25, 0.3) is 0 Å². The van der Waals surface area contributed by atoms with Crippen LogP contribution in [0.4, 0.5) is 15.3 Å². The molecule has 11 heteroatoms. The predicted molar refractivity (Wildman–Crippen MR) is 146 cm³/mol. The average molecular weight is 517 g/mol. The van der Waals surface area contributed by atoms with Gasteiger partial charge in [0.2, 0.25) is 5.96 Å². The highest BCUT2D eigenvalue weighted by Crippen LogP contribution is 2.19. The van der Waals surface area contributed by atoms with Crippen LogP contribution in [0.1, 0.15) is 28.8 Å². The van der Waals surface area contributed by atoms with Crippen LogP contribution in [0.3, 0.4) is 0 Å². The fourth-order valence-corrected chi connectivity index (χ4v) is 3.34. The van der Waals surface area contributed by atoms with E-state index in [4.69, 9.17) is 9.47 Å². The smallest absolute Gasteiger partial charge is 0.414 e. The Morgan fingerprint density at radius 3 is 2.00 bits per heavy atom. The molecule has 0 atom stereocenters. The minimum absolute atomic E-state index is 0.0506. The molecule has 0 aliphatic rings. The second-order valence-electron chi connectivity index (χ2n) is 8.52. The first-order valence-corrected chi connectivity index (χ1v) is 12.3. The molecule has 0 aliphatic carbocycles. The van der Waals surface area contributed by atoms with Crippen LogP contribution in [0.15, 0.2) is 77.9 Å². The molecule has 0 radical (unpaired) electrons. The maximum Gasteiger partial charge on any atom is 0.414 e. The van der Waals surface area contributed by atoms with E-state index in [-0.39, 0.29) is 19.2 Å². The summed E-state index contributed by atoms with van der Waals surface area (Å²) < 4.78 is 10.6. The van der Waals surface area contributed by atoms with Gasteiger partial charge >= 0.3 is 19.2 Å². The van der Waals surface area contributed by atoms with Gasteiger partial charge in [-0.1, -0.05) is 60.7 Å². The van der Waals surface area contributed by atoms with Crippen molar-refractivity contribution in [3.05, 3.63) is 95.3 Å². The van der Waals surface area contributed by atoms with Gasteiger partial charge in [-0.05, 0) is 55.9 Å². The van der Waals surface area contributed by atoms with Crippen molar-refractivity contribution in [1.82, 2.24) is 20.8 Å². The molecule has 0 saturated carbocycles. The number of aromatic nitrogens is 1. The van der Waals surface area contributed by atoms with Crippen molar-refractivity contribution in [2.24, 2.45) is 4.99 Å². The minimum Gasteiger partial charge on any atom is -0.444 e. The number of pyridine rings is 1. The lowest BCUT2D eigenvalue weighted by molar-refractivity contribution is 0.141. The van der Waals surface area contributed by atoms with E-state index in [0.717, 1.165) is 23.1 Å². The highest BCUT2D eigenvalue weighted by Gasteiger charge is 2.14. The molecule has 0 fully saturated rings. The molecule has 0 spiro atoms. The van der Waals surface area contributed by atoms with Crippen molar-refractivity contribution in [2.45, 2.75) is 39.8 Å². The Kier molecular flexibility index (Phi) is 11.3. The highest BCUT2D eigenvalue weighted by atomic mass is 16.6. The maximum absolute atomic E-state index is 12.5. The normalized spacial score (nSPS) is 10.3. The number of ether oxygens (including phenoxy) is 2. The van der Waals surface area contributed by atoms with Crippen molar-refractivity contribution >= 4 is 30.9 Å². The van der Waals surface area contributed by atoms with E-state index >= 15 is 0 Å². The zero-order valence-electron chi connectivity index (χ0n) is 21.5. The molecule has 0 aliphatic heterocycles. The lowest BCUT2D eigenvalue weighted by atomic mass is 9.89. The minimum atomic E-state index is -0.790. The highest BCUT2D eigenvalue weighted by molar-refractivity contribution is 6.45. The summed E-state index contributed by atoms with van der Waals surface area (Å²) >= 11 is 0. The zero-order chi connectivity index (χ0) is 27.2. The van der Waals surface area contributed by atoms with Crippen molar-refractivity contribution < 1.29 is 24.1 Å². The monoisotopic (exact) mass is 517 g/mol. The van der Waals surface area contributed by atoms with Crippen molar-refractivity contribution in [2.75, 3.05) is 6.54 Å². The number of benzene rings is 2. The molecule has 198 valence electrons. The molecule has 2 aromatic carbocycles. The van der Waals surface area contributed by atoms with E-state index in [1.54, 1.807) is 19.9 Å². The van der Waals surface area contributed by atoms with Crippen molar-refractivity contribution in [3.8, 4) is 0 Å². The number of hydrogen-bond donors (Lipinski definition) is 4. The maximum atomic E-state index is 12.5. The third-order valence-corrected chi connectivity index (χ3v) is 5.30. The summed E-state index contributed by atoms with van der Waals surface area (Å²) in [6.45, 7) is 4.18. The number of nitrogens with zero attached hydrogens (tertiary/aromatic N) is 2. The Morgan fingerprint density at radius 2 is 1.47 bits per heavy atom. The quantitative estimate of drug-likeness (QED) is 0.139. The number of amides is 2. The van der Waals surface area contributed by atoms with Gasteiger partial charge in [-0.15, -0.1) is 0 Å². The van der Waals surface area contributed by atoms with Gasteiger partial charge < -0.3 is 19.7 Å². The standard InChI is InChI=1S/C27H32BN5O5/c1-20-24(16-23(17-29-20)14-9-15-30-28(2)36)31-25(32-26(34)37-18-21-10-5-3-6-11-21)33-27(35)38-19-22-12-7-4-8-13-22/h3-8,10-13,16-17,30,36H,9,14-15,18-19H2,1-2H3,(H2,31,32,33,34,35). The number of rotatable bonds is 10. The van der Waals surface area contributed by atoms with Gasteiger partial charge in [0.15, 0.2) is 0 Å². The van der Waals surface area contributed by atoms with E-state index in [2.05, 4.69) is 25.8 Å². The topological polar surface area (TPSA) is 134 Å². The van der Waals surface area contributed by atoms with Gasteiger partial charge in [-0.2, -0.15) is 0 Å². The Balaban J connectivity index is 1.70. The molecule has 38 heavy (non-hydrogen) atoms. The van der Waals surface area contributed by atoms with Crippen LogP contribution in [0.5, 0.6) is 0 Å². The number of alkyl carbamates (subject to hydrolysis) is 2. The number of hydrogen-bond acceptors (Lipinski definition) is 8. The van der Waals surface area contributed by atoms with Crippen LogP contribution in [0.2, 0.25) is 6.82 Å². The summed E-state index contributed by atoms with van der Waals surface area (Å²) in [6, 6.07) is 20.3. The summed E-state index contributed by atoms with van der Waals surface area (Å²) in [6.07, 6.45) is 1.65. The molecular formula is C27H32BN5O5. The Morgan fingerprint density at radius 1 is 0.921 bits per heavy atom. The summed E-state index contributed by atoms with van der Waals surface area (Å²) in [5.74, 6) is -0.154. The largest absolute Gasteiger partial charge is 0.444 e. The third-order valence-electron chi connectivity index (χ3n) is 5.30. The molecule has 1 heterocycles. The van der Waals surface area contributed by atoms with Gasteiger partial charge in [-0.25, -0.2) is 14.6 Å². The predicted octanol–water partition coefficient (Wildman–Crippen LogP) is 3.86. The van der Waals surface area contributed by atoms with E-state index in [1.165, 1.54) is 0 Å². The number of aryl methyl sites for hydroxylation is 2. The van der Waals surface area contributed by atoms with E-state index < -0.39 is 19.2 Å². The third kappa shape index (κ3) is 10.4. The first-order valence-electron chi connectivity index (χ1n) is 12.3. The van der Waals surface area contributed by atoms with Gasteiger partial charge in [-0.3, -0.25) is 15.6 Å². The average Bonchev–Trinajstić information content (AvgIpc) is 2.91. The second kappa shape index (κ2) is 15.1. The van der Waals surface area contributed by atoms with E-state index in [1.807, 2.05) is 66.7 Å². The Labute approximate surface area is 222 Å². The first-order chi connectivity index (χ1) is 18.4. The van der Waals surface area contributed by atoms with E-state index in [0.29, 0.717) is 24.3 Å². The molecule has 3 rings (SSSR count). The van der Waals surface area contributed by atoms with Crippen LogP contribution in [0, 0.1) is 6.92 Å². The van der Waals surface area contributed by atoms with E-state index in [9.17, 15) is 14.6 Å². The number of aliphatic imine (C=N–C) groups is 1. The van der Waals surface area contributed by atoms with Crippen LogP contribution < -0.4 is 15.9 Å². The summed E-state index contributed by atoms with van der Waals surface area (Å²) in [5, 5.41) is 17.3. The van der Waals surface area contributed by atoms with Crippen molar-refractivity contribution in [3.63, 3.8) is 0 Å². The second-order valence-corrected chi connectivity index (χ2v) is 8.52. The Bertz CT molecular complexity index is 1150. The summed E-state index contributed by atoms with van der Waals surface area (Å²) in [4.78, 5) is 33.9. The fraction of sp³-hybridized carbons (Fsp3) is 0.259. The summed E-state index contributed by atoms with van der Waals surface area (Å²) in [7, 11) is -0.575. The summed E-state index contributed by atoms with van der Waals surface area (Å²) in [5.41, 5.74) is 3.61. The van der Waals surface area contributed by atoms with Crippen LogP contribution in [-0.2, 0) is 29.1 Å². The number of carbonyl (C=O) groups excluding carboxylic acids is 2. The first kappa shape index (κ1) is 28.4. The van der Waals surface area contributed by atoms with Crippen molar-refractivity contribution in [1.29, 1.82) is 0 Å². The molecule has 10 nitrogen and oxygen atoms in total. The molecule has 2 amide bonds. The molecule has 0 saturated heterocycles. The van der Waals surface area contributed by atoms with Gasteiger partial charge in [0.1, 0.15) is 13.2 Å². The molecule has 0 unspecified atom stereocenters. The van der Waals surface area contributed by atoms with Crippen LogP contribution in [0.25, 0.3) is 0 Å². The molecule has 3 aromatic rings. The fourth-order valence-electron chi connectivity index (χ4n) is 3.34. The van der Waals surface area contributed by atoms with Crippen LogP contribution >= 0.6 is 0 Å². The molecule has 1 aromatic heterocycles. The van der Waals surface area contributed by atoms with Crippen LogP contribution in [-0.4, -0.2) is 41.7 Å². The number of guanidine groups is 1. The lowest BCUT2D eigenvalue weighted by Gasteiger charge is -2.13. The SMILES string of the molecule is CB(O)NCCCc1cnc(C)c(N=C(NC(=O)OCc2ccccc2)NC(=O)OCc2ccccc2)c1. The Hall–Kier alpha value is -4.22. The molecular weight excluding hydrogens is 485 g/mol. The zero-order valence-corrected chi connectivity index (χ0v) is 21.5. The van der Waals surface area contributed by atoms with Gasteiger partial charge in [0, 0.05) is 6.20 Å². The lowest BCUT2D eigenvalue weighted by Crippen LogP contribution is -2.44. The number of carbonyl (C=O) groups is 2. The van der Waals surface area contributed by atoms with Gasteiger partial charge in [0.05, 0.1) is 11.4 Å². The molecule has 0 bridgehead atoms.